The number of nitrogens with two attached hydrogens (primary N) is 1. The van der Waals surface area contributed by atoms with Crippen molar-refractivity contribution in [2.75, 3.05) is 10.6 Å². The van der Waals surface area contributed by atoms with Crippen molar-refractivity contribution in [3.05, 3.63) is 72.0 Å². The quantitative estimate of drug-likeness (QED) is 0.234. The van der Waals surface area contributed by atoms with Crippen molar-refractivity contribution >= 4 is 32.8 Å². The van der Waals surface area contributed by atoms with Gasteiger partial charge in [-0.15, -0.1) is 0 Å². The molecule has 4 N–H and O–H groups in total. The predicted octanol–water partition coefficient (Wildman–Crippen LogP) is 5.94. The van der Waals surface area contributed by atoms with Crippen LogP contribution in [0.3, 0.4) is 0 Å². The van der Waals surface area contributed by atoms with Gasteiger partial charge in [-0.3, -0.25) is 0 Å². The van der Waals surface area contributed by atoms with Crippen LogP contribution in [0.2, 0.25) is 0 Å². The number of nitrogens with zero attached hydrogens (tertiary/aromatic N) is 3. The molecule has 1 aliphatic rings. The third-order valence-electron chi connectivity index (χ3n) is 7.09. The van der Waals surface area contributed by atoms with Gasteiger partial charge in [0.25, 0.3) is 0 Å². The van der Waals surface area contributed by atoms with Gasteiger partial charge < -0.3 is 10.6 Å². The summed E-state index contributed by atoms with van der Waals surface area (Å²) in [6.45, 7) is 1.77. The SMILES string of the molecule is CC(Nc1nc(NC2(C(F)(F)F)CCCC2)c2nc(-c3ccc(F)cc3)ccc2n1)c1ccc(S(N)(=O)=O)cc1. The van der Waals surface area contributed by atoms with Gasteiger partial charge in [-0.1, -0.05) is 25.0 Å². The minimum absolute atomic E-state index is 0.0473. The van der Waals surface area contributed by atoms with Gasteiger partial charge >= 0.3 is 6.18 Å². The highest BCUT2D eigenvalue weighted by Gasteiger charge is 2.56. The van der Waals surface area contributed by atoms with Gasteiger partial charge in [0, 0.05) is 5.56 Å². The smallest absolute Gasteiger partial charge is 0.354 e. The Labute approximate surface area is 228 Å². The lowest BCUT2D eigenvalue weighted by Crippen LogP contribution is -2.49. The molecule has 2 aromatic heterocycles. The number of halogens is 4. The van der Waals surface area contributed by atoms with Crippen molar-refractivity contribution < 1.29 is 26.0 Å². The molecule has 1 saturated carbocycles. The molecule has 2 heterocycles. The molecule has 0 amide bonds. The number of benzene rings is 2. The van der Waals surface area contributed by atoms with Crippen LogP contribution < -0.4 is 15.8 Å². The van der Waals surface area contributed by atoms with Gasteiger partial charge in [0.1, 0.15) is 16.9 Å². The Bertz CT molecular complexity index is 1640. The Kier molecular flexibility index (Phi) is 7.13. The van der Waals surface area contributed by atoms with Crippen molar-refractivity contribution in [2.24, 2.45) is 5.14 Å². The fourth-order valence-electron chi connectivity index (χ4n) is 4.86. The second kappa shape index (κ2) is 10.3. The highest BCUT2D eigenvalue weighted by Crippen LogP contribution is 2.45. The maximum Gasteiger partial charge on any atom is 0.411 e. The van der Waals surface area contributed by atoms with Gasteiger partial charge in [0.05, 0.1) is 22.1 Å². The van der Waals surface area contributed by atoms with E-state index in [0.717, 1.165) is 0 Å². The summed E-state index contributed by atoms with van der Waals surface area (Å²) >= 11 is 0. The normalized spacial score (nSPS) is 16.1. The van der Waals surface area contributed by atoms with E-state index in [9.17, 15) is 26.0 Å². The minimum atomic E-state index is -4.53. The lowest BCUT2D eigenvalue weighted by molar-refractivity contribution is -0.176. The molecular weight excluding hydrogens is 548 g/mol. The van der Waals surface area contributed by atoms with Crippen LogP contribution in [0.25, 0.3) is 22.3 Å². The van der Waals surface area contributed by atoms with Crippen molar-refractivity contribution in [3.63, 3.8) is 0 Å². The number of rotatable bonds is 7. The van der Waals surface area contributed by atoms with Gasteiger partial charge in [-0.05, 0) is 73.9 Å². The summed E-state index contributed by atoms with van der Waals surface area (Å²) in [5.74, 6) is -0.440. The highest BCUT2D eigenvalue weighted by molar-refractivity contribution is 7.89. The number of aromatic nitrogens is 3. The number of hydrogen-bond donors (Lipinski definition) is 3. The second-order valence-electron chi connectivity index (χ2n) is 9.86. The molecule has 0 radical (unpaired) electrons. The summed E-state index contributed by atoms with van der Waals surface area (Å²) in [6.07, 6.45) is -3.90. The molecule has 0 saturated heterocycles. The minimum Gasteiger partial charge on any atom is -0.354 e. The predicted molar refractivity (Wildman–Crippen MR) is 143 cm³/mol. The van der Waals surface area contributed by atoms with Gasteiger partial charge in [0.2, 0.25) is 16.0 Å². The van der Waals surface area contributed by atoms with Crippen LogP contribution in [0.5, 0.6) is 0 Å². The first-order valence-electron chi connectivity index (χ1n) is 12.5. The van der Waals surface area contributed by atoms with Crippen LogP contribution in [0.15, 0.2) is 65.6 Å². The zero-order valence-electron chi connectivity index (χ0n) is 21.3. The molecule has 1 unspecified atom stereocenters. The van der Waals surface area contributed by atoms with E-state index >= 15 is 0 Å². The summed E-state index contributed by atoms with van der Waals surface area (Å²) in [5, 5.41) is 10.9. The fourth-order valence-corrected chi connectivity index (χ4v) is 5.37. The first kappa shape index (κ1) is 27.7. The average molecular weight is 575 g/mol. The first-order chi connectivity index (χ1) is 18.8. The van der Waals surface area contributed by atoms with Crippen molar-refractivity contribution in [1.82, 2.24) is 15.0 Å². The number of hydrogen-bond acceptors (Lipinski definition) is 7. The number of pyridine rings is 1. The van der Waals surface area contributed by atoms with E-state index in [-0.39, 0.29) is 35.0 Å². The highest BCUT2D eigenvalue weighted by atomic mass is 32.2. The summed E-state index contributed by atoms with van der Waals surface area (Å²) in [5.41, 5.74) is -0.0205. The van der Waals surface area contributed by atoms with Gasteiger partial charge in [-0.2, -0.15) is 18.2 Å². The zero-order valence-corrected chi connectivity index (χ0v) is 22.2. The third-order valence-corrected chi connectivity index (χ3v) is 8.02. The molecule has 1 fully saturated rings. The lowest BCUT2D eigenvalue weighted by Gasteiger charge is -2.33. The molecule has 1 aliphatic carbocycles. The van der Waals surface area contributed by atoms with Crippen molar-refractivity contribution in [1.29, 1.82) is 0 Å². The fraction of sp³-hybridized carbons (Fsp3) is 0.296. The molecule has 2 aromatic carbocycles. The van der Waals surface area contributed by atoms with Gasteiger partial charge in [0.15, 0.2) is 5.82 Å². The Morgan fingerprint density at radius 3 is 2.17 bits per heavy atom. The maximum atomic E-state index is 14.3. The molecule has 13 heteroatoms. The molecular formula is C27H26F4N6O2S. The van der Waals surface area contributed by atoms with Crippen LogP contribution in [-0.2, 0) is 10.0 Å². The third kappa shape index (κ3) is 5.56. The Balaban J connectivity index is 1.56. The van der Waals surface area contributed by atoms with E-state index in [0.29, 0.717) is 35.2 Å². The maximum absolute atomic E-state index is 14.3. The monoisotopic (exact) mass is 574 g/mol. The van der Waals surface area contributed by atoms with E-state index in [1.807, 2.05) is 0 Å². The summed E-state index contributed by atoms with van der Waals surface area (Å²) in [6, 6.07) is 14.3. The number of alkyl halides is 3. The lowest BCUT2D eigenvalue weighted by atomic mass is 9.96. The molecule has 40 heavy (non-hydrogen) atoms. The van der Waals surface area contributed by atoms with Crippen LogP contribution >= 0.6 is 0 Å². The molecule has 0 spiro atoms. The van der Waals surface area contributed by atoms with Gasteiger partial charge in [-0.25, -0.2) is 27.9 Å². The number of fused-ring (bicyclic) bond motifs is 1. The van der Waals surface area contributed by atoms with Crippen LogP contribution in [0, 0.1) is 5.82 Å². The van der Waals surface area contributed by atoms with E-state index in [2.05, 4.69) is 25.6 Å². The van der Waals surface area contributed by atoms with Crippen LogP contribution in [0.1, 0.15) is 44.2 Å². The first-order valence-corrected chi connectivity index (χ1v) is 14.1. The van der Waals surface area contributed by atoms with E-state index < -0.39 is 33.6 Å². The van der Waals surface area contributed by atoms with Crippen LogP contribution in [-0.4, -0.2) is 35.1 Å². The zero-order chi connectivity index (χ0) is 28.7. The second-order valence-corrected chi connectivity index (χ2v) is 11.4. The van der Waals surface area contributed by atoms with Crippen LogP contribution in [0.4, 0.5) is 29.3 Å². The topological polar surface area (TPSA) is 123 Å². The average Bonchev–Trinajstić information content (AvgIpc) is 3.39. The molecule has 5 rings (SSSR count). The molecule has 1 atom stereocenters. The van der Waals surface area contributed by atoms with E-state index in [4.69, 9.17) is 5.14 Å². The molecule has 8 nitrogen and oxygen atoms in total. The molecule has 4 aromatic rings. The van der Waals surface area contributed by atoms with Crippen molar-refractivity contribution in [3.8, 4) is 11.3 Å². The summed E-state index contributed by atoms with van der Waals surface area (Å²) in [7, 11) is -3.86. The number of sulfonamides is 1. The number of nitrogens with one attached hydrogen (secondary N) is 2. The summed E-state index contributed by atoms with van der Waals surface area (Å²) in [4.78, 5) is 13.4. The molecule has 0 bridgehead atoms. The Morgan fingerprint density at radius 2 is 1.57 bits per heavy atom. The Hall–Kier alpha value is -3.84. The van der Waals surface area contributed by atoms with E-state index in [1.54, 1.807) is 31.2 Å². The van der Waals surface area contributed by atoms with Crippen molar-refractivity contribution in [2.45, 2.75) is 55.3 Å². The molecule has 0 aliphatic heterocycles. The standard InChI is InChI=1S/C27H26F4N6O2S/c1-16(17-6-10-20(11-7-17)40(32,38)39)33-25-35-22-13-12-21(18-4-8-19(28)9-5-18)34-23(22)24(36-25)37-26(27(29,30)31)14-2-3-15-26/h4-13,16H,2-3,14-15H2,1H3,(H2,32,38,39)(H2,33,35,36,37). The number of anilines is 2. The van der Waals surface area contributed by atoms with E-state index in [1.165, 1.54) is 36.4 Å². The Morgan fingerprint density at radius 1 is 0.925 bits per heavy atom. The molecule has 210 valence electrons. The number of primary sulfonamides is 1. The largest absolute Gasteiger partial charge is 0.411 e. The summed E-state index contributed by atoms with van der Waals surface area (Å²) < 4.78 is 79.5.